The van der Waals surface area contributed by atoms with Crippen molar-refractivity contribution in [1.29, 1.82) is 0 Å². The highest BCUT2D eigenvalue weighted by Crippen LogP contribution is 2.26. The molecule has 0 spiro atoms. The smallest absolute Gasteiger partial charge is 0.158 e. The van der Waals surface area contributed by atoms with Crippen molar-refractivity contribution < 1.29 is 9.84 Å². The fourth-order valence-corrected chi connectivity index (χ4v) is 2.59. The van der Waals surface area contributed by atoms with Gasteiger partial charge < -0.3 is 9.84 Å². The minimum atomic E-state index is -0.613. The van der Waals surface area contributed by atoms with Gasteiger partial charge in [-0.3, -0.25) is 0 Å². The summed E-state index contributed by atoms with van der Waals surface area (Å²) >= 11 is 17.8. The third-order valence-corrected chi connectivity index (χ3v) is 3.47. The highest BCUT2D eigenvalue weighted by Gasteiger charge is 2.16. The molecule has 110 valence electrons. The highest BCUT2D eigenvalue weighted by molar-refractivity contribution is 6.34. The van der Waals surface area contributed by atoms with E-state index in [1.54, 1.807) is 24.3 Å². The molecule has 0 fully saturated rings. The van der Waals surface area contributed by atoms with Crippen molar-refractivity contribution >= 4 is 34.8 Å². The largest absolute Gasteiger partial charge is 0.509 e. The second-order valence-electron chi connectivity index (χ2n) is 4.54. The van der Waals surface area contributed by atoms with E-state index in [0.29, 0.717) is 27.2 Å². The zero-order valence-electron chi connectivity index (χ0n) is 11.0. The summed E-state index contributed by atoms with van der Waals surface area (Å²) in [6.45, 7) is 3.55. The lowest BCUT2D eigenvalue weighted by molar-refractivity contribution is 0.177. The number of benzene rings is 2. The van der Waals surface area contributed by atoms with Crippen molar-refractivity contribution in [3.05, 3.63) is 75.4 Å². The number of halogens is 3. The van der Waals surface area contributed by atoms with Crippen LogP contribution in [-0.2, 0) is 6.42 Å². The first-order chi connectivity index (χ1) is 9.94. The molecule has 5 heteroatoms. The summed E-state index contributed by atoms with van der Waals surface area (Å²) in [6, 6.07) is 12.2. The second kappa shape index (κ2) is 7.08. The van der Waals surface area contributed by atoms with Gasteiger partial charge in [-0.2, -0.15) is 0 Å². The van der Waals surface area contributed by atoms with Crippen LogP contribution < -0.4 is 4.74 Å². The number of hydrogen-bond acceptors (Lipinski definition) is 2. The molecule has 2 aromatic rings. The Morgan fingerprint density at radius 1 is 1.05 bits per heavy atom. The van der Waals surface area contributed by atoms with Gasteiger partial charge in [-0.25, -0.2) is 0 Å². The summed E-state index contributed by atoms with van der Waals surface area (Å²) in [6.07, 6.45) is -0.182. The second-order valence-corrected chi connectivity index (χ2v) is 5.85. The first-order valence-corrected chi connectivity index (χ1v) is 7.32. The molecule has 2 rings (SSSR count). The van der Waals surface area contributed by atoms with E-state index in [2.05, 4.69) is 6.58 Å². The predicted octanol–water partition coefficient (Wildman–Crippen LogP) is 5.71. The van der Waals surface area contributed by atoms with Crippen LogP contribution in [0.1, 0.15) is 5.56 Å². The van der Waals surface area contributed by atoms with Gasteiger partial charge in [-0.05, 0) is 35.9 Å². The molecule has 0 aliphatic heterocycles. The highest BCUT2D eigenvalue weighted by atomic mass is 35.5. The summed E-state index contributed by atoms with van der Waals surface area (Å²) in [5.74, 6) is 0.390. The lowest BCUT2D eigenvalue weighted by Crippen LogP contribution is -2.21. The van der Waals surface area contributed by atoms with Crippen molar-refractivity contribution in [1.82, 2.24) is 0 Å². The molecule has 1 N–H and O–H groups in total. The molecule has 1 unspecified atom stereocenters. The Bertz CT molecular complexity index is 635. The van der Waals surface area contributed by atoms with Crippen LogP contribution in [0.2, 0.25) is 15.1 Å². The van der Waals surface area contributed by atoms with Crippen LogP contribution in [-0.4, -0.2) is 11.2 Å². The maximum Gasteiger partial charge on any atom is 0.158 e. The molecular weight excluding hydrogens is 331 g/mol. The standard InChI is InChI=1S/C16H13Cl3O2/c1-10(20)16(6-11-3-2-4-12(17)5-11)21-15-8-13(18)7-14(19)9-15/h2-5,7-9,16,20H,1,6H2. The van der Waals surface area contributed by atoms with Gasteiger partial charge in [0.15, 0.2) is 6.10 Å². The van der Waals surface area contributed by atoms with Crippen molar-refractivity contribution in [2.75, 3.05) is 0 Å². The zero-order valence-corrected chi connectivity index (χ0v) is 13.3. The summed E-state index contributed by atoms with van der Waals surface area (Å²) in [5.41, 5.74) is 0.927. The third kappa shape index (κ3) is 4.85. The van der Waals surface area contributed by atoms with Gasteiger partial charge in [0.05, 0.1) is 0 Å². The van der Waals surface area contributed by atoms with E-state index in [-0.39, 0.29) is 5.76 Å². The maximum absolute atomic E-state index is 9.72. The van der Waals surface area contributed by atoms with E-state index >= 15 is 0 Å². The maximum atomic E-state index is 9.72. The average Bonchev–Trinajstić information content (AvgIpc) is 2.36. The summed E-state index contributed by atoms with van der Waals surface area (Å²) in [7, 11) is 0. The minimum Gasteiger partial charge on any atom is -0.509 e. The monoisotopic (exact) mass is 342 g/mol. The van der Waals surface area contributed by atoms with Crippen molar-refractivity contribution in [2.45, 2.75) is 12.5 Å². The van der Waals surface area contributed by atoms with E-state index in [1.165, 1.54) is 0 Å². The Kier molecular flexibility index (Phi) is 5.40. The molecule has 21 heavy (non-hydrogen) atoms. The van der Waals surface area contributed by atoms with Crippen LogP contribution in [0.15, 0.2) is 54.8 Å². The normalized spacial score (nSPS) is 12.0. The van der Waals surface area contributed by atoms with Crippen molar-refractivity contribution in [3.8, 4) is 5.75 Å². The van der Waals surface area contributed by atoms with Crippen LogP contribution in [0.4, 0.5) is 0 Å². The lowest BCUT2D eigenvalue weighted by atomic mass is 10.1. The Hall–Kier alpha value is -1.35. The zero-order chi connectivity index (χ0) is 15.4. The van der Waals surface area contributed by atoms with Gasteiger partial charge in [-0.15, -0.1) is 0 Å². The molecule has 0 saturated heterocycles. The molecule has 2 nitrogen and oxygen atoms in total. The van der Waals surface area contributed by atoms with Crippen LogP contribution >= 0.6 is 34.8 Å². The molecule has 0 radical (unpaired) electrons. The first kappa shape index (κ1) is 16.0. The molecule has 0 heterocycles. The van der Waals surface area contributed by atoms with E-state index < -0.39 is 6.10 Å². The van der Waals surface area contributed by atoms with Gasteiger partial charge in [0.1, 0.15) is 11.5 Å². The number of aliphatic hydroxyl groups is 1. The van der Waals surface area contributed by atoms with E-state index in [0.717, 1.165) is 5.56 Å². The molecule has 0 amide bonds. The van der Waals surface area contributed by atoms with Crippen molar-refractivity contribution in [2.24, 2.45) is 0 Å². The summed E-state index contributed by atoms with van der Waals surface area (Å²) in [5, 5.41) is 11.3. The van der Waals surface area contributed by atoms with Crippen LogP contribution in [0, 0.1) is 0 Å². The number of hydrogen-bond donors (Lipinski definition) is 1. The quantitative estimate of drug-likeness (QED) is 0.705. The topological polar surface area (TPSA) is 29.5 Å². The SMILES string of the molecule is C=C(O)C(Cc1cccc(Cl)c1)Oc1cc(Cl)cc(Cl)c1. The summed E-state index contributed by atoms with van der Waals surface area (Å²) < 4.78 is 5.72. The predicted molar refractivity (Wildman–Crippen MR) is 87.8 cm³/mol. The lowest BCUT2D eigenvalue weighted by Gasteiger charge is -2.18. The van der Waals surface area contributed by atoms with Crippen molar-refractivity contribution in [3.63, 3.8) is 0 Å². The van der Waals surface area contributed by atoms with Gasteiger partial charge in [0.2, 0.25) is 0 Å². The fourth-order valence-electron chi connectivity index (χ4n) is 1.87. The minimum absolute atomic E-state index is 0.0777. The Morgan fingerprint density at radius 3 is 2.29 bits per heavy atom. The molecule has 0 saturated carbocycles. The Balaban J connectivity index is 2.17. The average molecular weight is 344 g/mol. The molecule has 0 aromatic heterocycles. The summed E-state index contributed by atoms with van der Waals surface area (Å²) in [4.78, 5) is 0. The van der Waals surface area contributed by atoms with Crippen LogP contribution in [0.3, 0.4) is 0 Å². The molecule has 0 aliphatic rings. The van der Waals surface area contributed by atoms with E-state index in [9.17, 15) is 5.11 Å². The van der Waals surface area contributed by atoms with Gasteiger partial charge in [-0.1, -0.05) is 53.5 Å². The molecular formula is C16H13Cl3O2. The van der Waals surface area contributed by atoms with Gasteiger partial charge in [0.25, 0.3) is 0 Å². The molecule has 1 atom stereocenters. The Labute approximate surface area is 138 Å². The van der Waals surface area contributed by atoms with Crippen LogP contribution in [0.25, 0.3) is 0 Å². The van der Waals surface area contributed by atoms with E-state index in [1.807, 2.05) is 18.2 Å². The first-order valence-electron chi connectivity index (χ1n) is 6.19. The number of rotatable bonds is 5. The molecule has 2 aromatic carbocycles. The number of ether oxygens (including phenoxy) is 1. The molecule has 0 bridgehead atoms. The number of aliphatic hydroxyl groups excluding tert-OH is 1. The molecule has 0 aliphatic carbocycles. The third-order valence-electron chi connectivity index (χ3n) is 2.80. The fraction of sp³-hybridized carbons (Fsp3) is 0.125. The van der Waals surface area contributed by atoms with Gasteiger partial charge >= 0.3 is 0 Å². The van der Waals surface area contributed by atoms with Crippen LogP contribution in [0.5, 0.6) is 5.75 Å². The van der Waals surface area contributed by atoms with Gasteiger partial charge in [0, 0.05) is 21.5 Å². The van der Waals surface area contributed by atoms with E-state index in [4.69, 9.17) is 39.5 Å². The Morgan fingerprint density at radius 2 is 1.71 bits per heavy atom.